The third-order valence-electron chi connectivity index (χ3n) is 9.13. The van der Waals surface area contributed by atoms with Gasteiger partial charge in [0.1, 0.15) is 11.5 Å². The number of fused-ring (bicyclic) bond motifs is 6. The maximum Gasteiger partial charge on any atom is 0.123 e. The molecule has 232 valence electrons. The van der Waals surface area contributed by atoms with Gasteiger partial charge in [-0.1, -0.05) is 143 Å². The normalized spacial score (nSPS) is 11.1. The van der Waals surface area contributed by atoms with Crippen LogP contribution in [0.15, 0.2) is 191 Å². The summed E-state index contributed by atoms with van der Waals surface area (Å²) >= 11 is 0. The molecular weight excluding hydrogens is 763 g/mol. The fourth-order valence-electron chi connectivity index (χ4n) is 6.71. The van der Waals surface area contributed by atoms with Crippen LogP contribution in [0.25, 0.3) is 88.4 Å². The van der Waals surface area contributed by atoms with Gasteiger partial charge in [-0.15, -0.1) is 57.9 Å². The number of benzene rings is 6. The van der Waals surface area contributed by atoms with Crippen LogP contribution in [0.5, 0.6) is 0 Å². The Hall–Kier alpha value is -5.51. The Morgan fingerprint density at radius 2 is 0.714 bits per heavy atom. The molecule has 0 unspecified atom stereocenters. The van der Waals surface area contributed by atoms with Crippen LogP contribution >= 0.6 is 0 Å². The molecule has 0 fully saturated rings. The van der Waals surface area contributed by atoms with Crippen molar-refractivity contribution in [2.45, 2.75) is 0 Å². The van der Waals surface area contributed by atoms with Crippen LogP contribution < -0.4 is 0 Å². The Morgan fingerprint density at radius 1 is 0.327 bits per heavy atom. The zero-order valence-electron chi connectivity index (χ0n) is 26.6. The SMILES string of the molecule is [Hf].c1ccc(-c2ccc(-c3cc4c(ccc5ccccc54)[cH-]3)o2)cc1.c1ccc(-c2ccc(-c3cc4c(ccc5ccccc54)[cH-]3)o2)cc1. The van der Waals surface area contributed by atoms with Crippen molar-refractivity contribution >= 4 is 43.1 Å². The summed E-state index contributed by atoms with van der Waals surface area (Å²) in [6.07, 6.45) is 0. The Bertz CT molecular complexity index is 2480. The molecule has 0 aliphatic heterocycles. The second-order valence-corrected chi connectivity index (χ2v) is 12.1. The number of furan rings is 2. The Labute approximate surface area is 303 Å². The van der Waals surface area contributed by atoms with Crippen molar-refractivity contribution in [1.29, 1.82) is 0 Å². The minimum atomic E-state index is 0. The van der Waals surface area contributed by atoms with E-state index in [9.17, 15) is 0 Å². The second kappa shape index (κ2) is 13.2. The number of hydrogen-bond donors (Lipinski definition) is 0. The quantitative estimate of drug-likeness (QED) is 0.131. The largest absolute Gasteiger partial charge is 0.491 e. The van der Waals surface area contributed by atoms with Crippen LogP contribution in [-0.4, -0.2) is 0 Å². The van der Waals surface area contributed by atoms with Gasteiger partial charge in [-0.2, -0.15) is 0 Å². The van der Waals surface area contributed by atoms with Crippen LogP contribution in [0, 0.1) is 0 Å². The van der Waals surface area contributed by atoms with Gasteiger partial charge in [0, 0.05) is 37.0 Å². The van der Waals surface area contributed by atoms with Crippen LogP contribution in [0.4, 0.5) is 0 Å². The molecule has 0 aliphatic rings. The summed E-state index contributed by atoms with van der Waals surface area (Å²) in [6, 6.07) is 63.2. The second-order valence-electron chi connectivity index (χ2n) is 12.1. The summed E-state index contributed by atoms with van der Waals surface area (Å²) in [6.45, 7) is 0. The van der Waals surface area contributed by atoms with Crippen LogP contribution in [0.1, 0.15) is 0 Å². The maximum atomic E-state index is 6.10. The average Bonchev–Trinajstić information content (AvgIpc) is 3.98. The van der Waals surface area contributed by atoms with E-state index < -0.39 is 0 Å². The molecule has 0 radical (unpaired) electrons. The van der Waals surface area contributed by atoms with Crippen molar-refractivity contribution in [1.82, 2.24) is 0 Å². The Balaban J connectivity index is 0.000000139. The van der Waals surface area contributed by atoms with Crippen molar-refractivity contribution < 1.29 is 34.7 Å². The maximum absolute atomic E-state index is 6.10. The van der Waals surface area contributed by atoms with Gasteiger partial charge in [0.05, 0.1) is 11.5 Å². The summed E-state index contributed by atoms with van der Waals surface area (Å²) in [5, 5.41) is 10.2. The van der Waals surface area contributed by atoms with Crippen molar-refractivity contribution in [3.8, 4) is 45.3 Å². The molecule has 10 aromatic rings. The monoisotopic (exact) mass is 794 g/mol. The third-order valence-corrected chi connectivity index (χ3v) is 9.13. The third kappa shape index (κ3) is 5.92. The van der Waals surface area contributed by atoms with Crippen molar-refractivity contribution in [2.24, 2.45) is 0 Å². The smallest absolute Gasteiger partial charge is 0.123 e. The van der Waals surface area contributed by atoms with Gasteiger partial charge in [0.25, 0.3) is 0 Å². The molecule has 8 aromatic carbocycles. The topological polar surface area (TPSA) is 26.3 Å². The Kier molecular flexibility index (Phi) is 8.29. The van der Waals surface area contributed by atoms with Gasteiger partial charge in [-0.25, -0.2) is 0 Å². The first kappa shape index (κ1) is 30.8. The molecular formula is C46H30HfO2-2. The molecule has 0 saturated carbocycles. The molecule has 10 rings (SSSR count). The summed E-state index contributed by atoms with van der Waals surface area (Å²) < 4.78 is 12.2. The van der Waals surface area contributed by atoms with Crippen molar-refractivity contribution in [3.63, 3.8) is 0 Å². The van der Waals surface area contributed by atoms with E-state index in [4.69, 9.17) is 8.83 Å². The first-order chi connectivity index (χ1) is 23.8. The molecule has 0 bridgehead atoms. The molecule has 0 atom stereocenters. The van der Waals surface area contributed by atoms with Gasteiger partial charge < -0.3 is 8.83 Å². The van der Waals surface area contributed by atoms with Gasteiger partial charge in [0.2, 0.25) is 0 Å². The van der Waals surface area contributed by atoms with Gasteiger partial charge in [0.15, 0.2) is 0 Å². The van der Waals surface area contributed by atoms with E-state index in [1.54, 1.807) is 0 Å². The average molecular weight is 793 g/mol. The number of hydrogen-bond acceptors (Lipinski definition) is 2. The summed E-state index contributed by atoms with van der Waals surface area (Å²) in [7, 11) is 0. The van der Waals surface area contributed by atoms with Crippen LogP contribution in [-0.2, 0) is 25.8 Å². The summed E-state index contributed by atoms with van der Waals surface area (Å²) in [5.74, 6) is 3.63. The molecule has 0 saturated heterocycles. The Morgan fingerprint density at radius 3 is 1.16 bits per heavy atom. The van der Waals surface area contributed by atoms with Crippen LogP contribution in [0.3, 0.4) is 0 Å². The molecule has 2 heterocycles. The predicted octanol–water partition coefficient (Wildman–Crippen LogP) is 13.3. The molecule has 49 heavy (non-hydrogen) atoms. The zero-order valence-corrected chi connectivity index (χ0v) is 30.2. The van der Waals surface area contributed by atoms with Crippen LogP contribution in [0.2, 0.25) is 0 Å². The number of rotatable bonds is 4. The minimum absolute atomic E-state index is 0. The van der Waals surface area contributed by atoms with Gasteiger partial charge >= 0.3 is 0 Å². The van der Waals surface area contributed by atoms with E-state index >= 15 is 0 Å². The fraction of sp³-hybridized carbons (Fsp3) is 0. The fourth-order valence-corrected chi connectivity index (χ4v) is 6.71. The van der Waals surface area contributed by atoms with Gasteiger partial charge in [-0.05, 0) is 35.0 Å². The van der Waals surface area contributed by atoms with E-state index in [1.165, 1.54) is 43.1 Å². The summed E-state index contributed by atoms with van der Waals surface area (Å²) in [4.78, 5) is 0. The molecule has 0 amide bonds. The first-order valence-electron chi connectivity index (χ1n) is 16.2. The van der Waals surface area contributed by atoms with E-state index in [0.717, 1.165) is 45.3 Å². The van der Waals surface area contributed by atoms with E-state index in [-0.39, 0.29) is 25.8 Å². The zero-order chi connectivity index (χ0) is 31.9. The molecule has 0 N–H and O–H groups in total. The molecule has 2 aromatic heterocycles. The first-order valence-corrected chi connectivity index (χ1v) is 16.2. The van der Waals surface area contributed by atoms with Crippen molar-refractivity contribution in [3.05, 3.63) is 182 Å². The van der Waals surface area contributed by atoms with E-state index in [1.807, 2.05) is 48.5 Å². The predicted molar refractivity (Wildman–Crippen MR) is 200 cm³/mol. The molecule has 0 aliphatic carbocycles. The van der Waals surface area contributed by atoms with E-state index in [2.05, 4.69) is 133 Å². The van der Waals surface area contributed by atoms with E-state index in [0.29, 0.717) is 0 Å². The molecule has 3 heteroatoms. The minimum Gasteiger partial charge on any atom is -0.491 e. The van der Waals surface area contributed by atoms with Gasteiger partial charge in [-0.3, -0.25) is 0 Å². The molecule has 2 nitrogen and oxygen atoms in total. The standard InChI is InChI=1S/2C23H15O.Hf/c2*1-2-7-17(8-3-1)22-12-13-23(24-22)19-14-18-11-10-16-6-4-5-9-20(16)21(18)15-19;/h2*1-15H;/q2*-1;. The van der Waals surface area contributed by atoms with Crippen molar-refractivity contribution in [2.75, 3.05) is 0 Å². The summed E-state index contributed by atoms with van der Waals surface area (Å²) in [5.41, 5.74) is 4.46. The molecule has 0 spiro atoms.